The first-order valence-electron chi connectivity index (χ1n) is 5.81. The molecule has 0 spiro atoms. The van der Waals surface area contributed by atoms with Crippen molar-refractivity contribution >= 4 is 15.9 Å². The molecule has 7 heteroatoms. The fraction of sp³-hybridized carbons (Fsp3) is 0.900. The first kappa shape index (κ1) is 16.3. The highest BCUT2D eigenvalue weighted by Gasteiger charge is 2.15. The van der Waals surface area contributed by atoms with Gasteiger partial charge in [0.05, 0.1) is 11.8 Å². The summed E-state index contributed by atoms with van der Waals surface area (Å²) in [6.45, 7) is 5.50. The standard InChI is InChI=1S/C10H23N3O3S/c1-4-5-9(11)10(14)12-6-7-17(15,16)13-8(2)3/h8-9,13H,4-7,11H2,1-3H3,(H,12,14). The van der Waals surface area contributed by atoms with Crippen LogP contribution in [0.4, 0.5) is 0 Å². The Morgan fingerprint density at radius 1 is 1.35 bits per heavy atom. The van der Waals surface area contributed by atoms with E-state index in [9.17, 15) is 13.2 Å². The first-order chi connectivity index (χ1) is 7.78. The lowest BCUT2D eigenvalue weighted by atomic mass is 10.2. The third kappa shape index (κ3) is 8.12. The molecule has 0 bridgehead atoms. The maximum absolute atomic E-state index is 11.4. The van der Waals surface area contributed by atoms with Gasteiger partial charge in [-0.1, -0.05) is 13.3 Å². The summed E-state index contributed by atoms with van der Waals surface area (Å²) in [4.78, 5) is 11.4. The molecule has 0 saturated carbocycles. The molecule has 4 N–H and O–H groups in total. The highest BCUT2D eigenvalue weighted by atomic mass is 32.2. The number of hydrogen-bond donors (Lipinski definition) is 3. The van der Waals surface area contributed by atoms with Crippen LogP contribution in [0.5, 0.6) is 0 Å². The minimum atomic E-state index is -3.32. The Morgan fingerprint density at radius 3 is 2.41 bits per heavy atom. The second-order valence-electron chi connectivity index (χ2n) is 4.28. The summed E-state index contributed by atoms with van der Waals surface area (Å²) >= 11 is 0. The fourth-order valence-corrected chi connectivity index (χ4v) is 2.51. The topological polar surface area (TPSA) is 101 Å². The van der Waals surface area contributed by atoms with Gasteiger partial charge in [0, 0.05) is 12.6 Å². The summed E-state index contributed by atoms with van der Waals surface area (Å²) in [7, 11) is -3.32. The largest absolute Gasteiger partial charge is 0.354 e. The van der Waals surface area contributed by atoms with E-state index in [1.165, 1.54) is 0 Å². The van der Waals surface area contributed by atoms with Crippen molar-refractivity contribution in [1.29, 1.82) is 0 Å². The van der Waals surface area contributed by atoms with E-state index in [1.54, 1.807) is 13.8 Å². The van der Waals surface area contributed by atoms with Crippen molar-refractivity contribution in [1.82, 2.24) is 10.0 Å². The molecular weight excluding hydrogens is 242 g/mol. The molecule has 0 aliphatic heterocycles. The second-order valence-corrected chi connectivity index (χ2v) is 6.15. The van der Waals surface area contributed by atoms with Crippen molar-refractivity contribution in [3.8, 4) is 0 Å². The Balaban J connectivity index is 3.95. The third-order valence-electron chi connectivity index (χ3n) is 2.02. The molecule has 0 aliphatic rings. The van der Waals surface area contributed by atoms with Gasteiger partial charge >= 0.3 is 0 Å². The molecule has 1 amide bonds. The van der Waals surface area contributed by atoms with E-state index < -0.39 is 16.1 Å². The van der Waals surface area contributed by atoms with E-state index in [0.717, 1.165) is 6.42 Å². The minimum absolute atomic E-state index is 0.0816. The number of sulfonamides is 1. The van der Waals surface area contributed by atoms with Crippen LogP contribution < -0.4 is 15.8 Å². The van der Waals surface area contributed by atoms with Crippen molar-refractivity contribution in [3.05, 3.63) is 0 Å². The molecule has 0 fully saturated rings. The molecule has 0 saturated heterocycles. The van der Waals surface area contributed by atoms with Crippen LogP contribution in [0, 0.1) is 0 Å². The van der Waals surface area contributed by atoms with Crippen LogP contribution in [0.2, 0.25) is 0 Å². The van der Waals surface area contributed by atoms with Gasteiger partial charge in [0.2, 0.25) is 15.9 Å². The zero-order valence-electron chi connectivity index (χ0n) is 10.7. The molecular formula is C10H23N3O3S. The van der Waals surface area contributed by atoms with Gasteiger partial charge in [0.1, 0.15) is 0 Å². The Hall–Kier alpha value is -0.660. The van der Waals surface area contributed by atoms with Crippen LogP contribution >= 0.6 is 0 Å². The zero-order valence-corrected chi connectivity index (χ0v) is 11.5. The van der Waals surface area contributed by atoms with Crippen molar-refractivity contribution in [3.63, 3.8) is 0 Å². The maximum Gasteiger partial charge on any atom is 0.236 e. The lowest BCUT2D eigenvalue weighted by molar-refractivity contribution is -0.122. The van der Waals surface area contributed by atoms with Gasteiger partial charge < -0.3 is 11.1 Å². The van der Waals surface area contributed by atoms with Crippen LogP contribution in [-0.2, 0) is 14.8 Å². The lowest BCUT2D eigenvalue weighted by Gasteiger charge is -2.12. The molecule has 1 atom stereocenters. The van der Waals surface area contributed by atoms with E-state index in [2.05, 4.69) is 10.0 Å². The molecule has 0 rings (SSSR count). The SMILES string of the molecule is CCCC(N)C(=O)NCCS(=O)(=O)NC(C)C. The van der Waals surface area contributed by atoms with Crippen LogP contribution in [0.15, 0.2) is 0 Å². The van der Waals surface area contributed by atoms with Gasteiger partial charge in [-0.05, 0) is 20.3 Å². The van der Waals surface area contributed by atoms with Gasteiger partial charge in [-0.25, -0.2) is 13.1 Å². The van der Waals surface area contributed by atoms with Crippen molar-refractivity contribution in [2.24, 2.45) is 5.73 Å². The van der Waals surface area contributed by atoms with Gasteiger partial charge in [0.15, 0.2) is 0 Å². The Kier molecular flexibility index (Phi) is 7.33. The van der Waals surface area contributed by atoms with Crippen LogP contribution in [0.1, 0.15) is 33.6 Å². The van der Waals surface area contributed by atoms with E-state index in [0.29, 0.717) is 6.42 Å². The van der Waals surface area contributed by atoms with E-state index >= 15 is 0 Å². The summed E-state index contributed by atoms with van der Waals surface area (Å²) in [5, 5.41) is 2.51. The molecule has 1 unspecified atom stereocenters. The van der Waals surface area contributed by atoms with Crippen LogP contribution in [0.25, 0.3) is 0 Å². The average Bonchev–Trinajstić information content (AvgIpc) is 2.15. The molecule has 17 heavy (non-hydrogen) atoms. The number of carbonyl (C=O) groups is 1. The predicted molar refractivity (Wildman–Crippen MR) is 68.0 cm³/mol. The average molecular weight is 265 g/mol. The maximum atomic E-state index is 11.4. The molecule has 0 aromatic carbocycles. The number of rotatable bonds is 8. The Bertz CT molecular complexity index is 328. The summed E-state index contributed by atoms with van der Waals surface area (Å²) in [5.41, 5.74) is 5.58. The highest BCUT2D eigenvalue weighted by Crippen LogP contribution is 1.93. The smallest absolute Gasteiger partial charge is 0.236 e. The number of nitrogens with two attached hydrogens (primary N) is 1. The normalized spacial score (nSPS) is 13.7. The van der Waals surface area contributed by atoms with Gasteiger partial charge in [0.25, 0.3) is 0 Å². The summed E-state index contributed by atoms with van der Waals surface area (Å²) < 4.78 is 25.3. The Labute approximate surface area is 103 Å². The molecule has 6 nitrogen and oxygen atoms in total. The predicted octanol–water partition coefficient (Wildman–Crippen LogP) is -0.442. The van der Waals surface area contributed by atoms with Crippen molar-refractivity contribution in [2.45, 2.75) is 45.7 Å². The molecule has 0 radical (unpaired) electrons. The number of nitrogens with one attached hydrogen (secondary N) is 2. The first-order valence-corrected chi connectivity index (χ1v) is 7.47. The quantitative estimate of drug-likeness (QED) is 0.553. The van der Waals surface area contributed by atoms with Crippen LogP contribution in [0.3, 0.4) is 0 Å². The molecule has 102 valence electrons. The van der Waals surface area contributed by atoms with Crippen molar-refractivity contribution in [2.75, 3.05) is 12.3 Å². The lowest BCUT2D eigenvalue weighted by Crippen LogP contribution is -2.43. The van der Waals surface area contributed by atoms with E-state index in [4.69, 9.17) is 5.73 Å². The molecule has 0 aromatic heterocycles. The second kappa shape index (κ2) is 7.62. The molecule has 0 aliphatic carbocycles. The zero-order chi connectivity index (χ0) is 13.5. The van der Waals surface area contributed by atoms with Crippen molar-refractivity contribution < 1.29 is 13.2 Å². The van der Waals surface area contributed by atoms with E-state index in [1.807, 2.05) is 6.92 Å². The summed E-state index contributed by atoms with van der Waals surface area (Å²) in [5.74, 6) is -0.429. The van der Waals surface area contributed by atoms with Gasteiger partial charge in [-0.2, -0.15) is 0 Å². The number of carbonyl (C=O) groups excluding carboxylic acids is 1. The van der Waals surface area contributed by atoms with Gasteiger partial charge in [-0.3, -0.25) is 4.79 Å². The number of hydrogen-bond acceptors (Lipinski definition) is 4. The number of amides is 1. The molecule has 0 heterocycles. The summed E-state index contributed by atoms with van der Waals surface area (Å²) in [6.07, 6.45) is 1.42. The monoisotopic (exact) mass is 265 g/mol. The van der Waals surface area contributed by atoms with Crippen LogP contribution in [-0.4, -0.2) is 38.7 Å². The minimum Gasteiger partial charge on any atom is -0.354 e. The summed E-state index contributed by atoms with van der Waals surface area (Å²) in [6, 6.07) is -0.696. The fourth-order valence-electron chi connectivity index (χ4n) is 1.30. The highest BCUT2D eigenvalue weighted by molar-refractivity contribution is 7.89. The van der Waals surface area contributed by atoms with Gasteiger partial charge in [-0.15, -0.1) is 0 Å². The Morgan fingerprint density at radius 2 is 1.94 bits per heavy atom. The molecule has 0 aromatic rings. The third-order valence-corrected chi connectivity index (χ3v) is 3.59. The van der Waals surface area contributed by atoms with E-state index in [-0.39, 0.29) is 24.2 Å².